The summed E-state index contributed by atoms with van der Waals surface area (Å²) in [6, 6.07) is 5.29. The molecule has 0 aliphatic heterocycles. The molecule has 92 valence electrons. The zero-order valence-electron chi connectivity index (χ0n) is 9.00. The minimum Gasteiger partial charge on any atom is -0.508 e. The van der Waals surface area contributed by atoms with Gasteiger partial charge in [-0.2, -0.15) is 0 Å². The van der Waals surface area contributed by atoms with E-state index in [2.05, 4.69) is 10.5 Å². The number of aliphatic carboxylic acids is 1. The van der Waals surface area contributed by atoms with E-state index in [1.165, 1.54) is 12.1 Å². The molecule has 0 radical (unpaired) electrons. The number of phenolic OH excluding ortho intramolecular Hbond substituents is 1. The molecule has 7 nitrogen and oxygen atoms in total. The number of hydrogen-bond donors (Lipinski definition) is 5. The predicted molar refractivity (Wildman–Crippen MR) is 62.2 cm³/mol. The van der Waals surface area contributed by atoms with Gasteiger partial charge in [-0.3, -0.25) is 5.43 Å². The van der Waals surface area contributed by atoms with E-state index in [1.807, 2.05) is 0 Å². The fourth-order valence-electron chi connectivity index (χ4n) is 1.21. The Balaban J connectivity index is 2.70. The molecular formula is C10H14N4O3. The Bertz CT molecular complexity index is 412. The third kappa shape index (κ3) is 4.29. The summed E-state index contributed by atoms with van der Waals surface area (Å²) in [4.78, 5) is 10.9. The number of nitrogens with one attached hydrogen (secondary N) is 1. The predicted octanol–water partition coefficient (Wildman–Crippen LogP) is -0.834. The smallest absolute Gasteiger partial charge is 0.328 e. The molecule has 0 aliphatic carbocycles. The molecule has 0 aliphatic rings. The molecular weight excluding hydrogens is 224 g/mol. The lowest BCUT2D eigenvalue weighted by Gasteiger charge is -2.12. The van der Waals surface area contributed by atoms with Crippen LogP contribution in [0.3, 0.4) is 0 Å². The van der Waals surface area contributed by atoms with Crippen LogP contribution in [-0.2, 0) is 11.2 Å². The number of hydrazone groups is 1. The summed E-state index contributed by atoms with van der Waals surface area (Å²) in [5.74, 6) is -1.18. The number of nitrogens with zero attached hydrogens (tertiary/aromatic N) is 1. The monoisotopic (exact) mass is 238 g/mol. The fraction of sp³-hybridized carbons (Fsp3) is 0.200. The quantitative estimate of drug-likeness (QED) is 0.258. The minimum absolute atomic E-state index is 0.123. The first kappa shape index (κ1) is 12.6. The lowest BCUT2D eigenvalue weighted by Crippen LogP contribution is -2.38. The van der Waals surface area contributed by atoms with Gasteiger partial charge in [0.25, 0.3) is 0 Å². The molecule has 0 amide bonds. The van der Waals surface area contributed by atoms with Crippen LogP contribution in [0.1, 0.15) is 5.56 Å². The van der Waals surface area contributed by atoms with Crippen LogP contribution in [0.25, 0.3) is 0 Å². The molecule has 1 aromatic rings. The number of carboxylic acid groups (broad SMARTS) is 1. The second-order valence-electron chi connectivity index (χ2n) is 3.43. The lowest BCUT2D eigenvalue weighted by molar-refractivity contribution is -0.139. The first-order valence-corrected chi connectivity index (χ1v) is 4.84. The molecule has 1 atom stereocenters. The van der Waals surface area contributed by atoms with E-state index in [9.17, 15) is 4.79 Å². The second kappa shape index (κ2) is 5.59. The number of nitrogens with two attached hydrogens (primary N) is 2. The van der Waals surface area contributed by atoms with Crippen molar-refractivity contribution in [1.82, 2.24) is 5.43 Å². The summed E-state index contributed by atoms with van der Waals surface area (Å²) >= 11 is 0. The van der Waals surface area contributed by atoms with Crippen molar-refractivity contribution >= 4 is 11.9 Å². The van der Waals surface area contributed by atoms with Crippen molar-refractivity contribution in [2.75, 3.05) is 0 Å². The van der Waals surface area contributed by atoms with Crippen LogP contribution in [0.5, 0.6) is 5.75 Å². The van der Waals surface area contributed by atoms with E-state index in [0.717, 1.165) is 5.56 Å². The van der Waals surface area contributed by atoms with E-state index in [1.54, 1.807) is 12.1 Å². The average molecular weight is 238 g/mol. The molecule has 0 saturated carbocycles. The van der Waals surface area contributed by atoms with Crippen LogP contribution in [-0.4, -0.2) is 28.2 Å². The number of carboxylic acids is 1. The van der Waals surface area contributed by atoms with Crippen LogP contribution in [0.15, 0.2) is 29.4 Å². The average Bonchev–Trinajstić information content (AvgIpc) is 2.26. The highest BCUT2D eigenvalue weighted by atomic mass is 16.4. The Morgan fingerprint density at radius 2 is 1.94 bits per heavy atom. The van der Waals surface area contributed by atoms with Gasteiger partial charge >= 0.3 is 5.97 Å². The van der Waals surface area contributed by atoms with Gasteiger partial charge in [-0.1, -0.05) is 12.1 Å². The van der Waals surface area contributed by atoms with Gasteiger partial charge in [-0.15, -0.1) is 5.10 Å². The third-order valence-electron chi connectivity index (χ3n) is 2.02. The summed E-state index contributed by atoms with van der Waals surface area (Å²) in [5.41, 5.74) is 13.3. The number of aromatic hydroxyl groups is 1. The molecule has 1 rings (SSSR count). The molecule has 0 fully saturated rings. The van der Waals surface area contributed by atoms with Gasteiger partial charge in [0.05, 0.1) is 0 Å². The van der Waals surface area contributed by atoms with Crippen molar-refractivity contribution in [3.05, 3.63) is 29.8 Å². The summed E-state index contributed by atoms with van der Waals surface area (Å²) < 4.78 is 0. The summed E-state index contributed by atoms with van der Waals surface area (Å²) in [6.45, 7) is 0. The van der Waals surface area contributed by atoms with E-state index < -0.39 is 12.0 Å². The standard InChI is InChI=1S/C10H14N4O3/c11-10(12)14-13-8(9(16)17)5-6-1-3-7(15)4-2-6/h1-4,8,13,15H,5H2,(H,16,17)(H4,11,12,14)/t8-/m0/s1. The second-order valence-corrected chi connectivity index (χ2v) is 3.43. The number of phenols is 1. The molecule has 0 aromatic heterocycles. The molecule has 0 spiro atoms. The Morgan fingerprint density at radius 3 is 2.41 bits per heavy atom. The van der Waals surface area contributed by atoms with Crippen LogP contribution in [0, 0.1) is 0 Å². The maximum Gasteiger partial charge on any atom is 0.328 e. The highest BCUT2D eigenvalue weighted by molar-refractivity contribution is 5.77. The topological polar surface area (TPSA) is 134 Å². The first-order valence-electron chi connectivity index (χ1n) is 4.84. The zero-order valence-corrected chi connectivity index (χ0v) is 9.00. The van der Waals surface area contributed by atoms with Crippen LogP contribution < -0.4 is 16.9 Å². The van der Waals surface area contributed by atoms with Crippen molar-refractivity contribution < 1.29 is 15.0 Å². The Kier molecular flexibility index (Phi) is 4.15. The fourth-order valence-corrected chi connectivity index (χ4v) is 1.21. The minimum atomic E-state index is -1.07. The van der Waals surface area contributed by atoms with Crippen LogP contribution in [0.2, 0.25) is 0 Å². The normalized spacial score (nSPS) is 11.5. The maximum absolute atomic E-state index is 10.9. The van der Waals surface area contributed by atoms with Crippen LogP contribution in [0.4, 0.5) is 0 Å². The number of benzene rings is 1. The summed E-state index contributed by atoms with van der Waals surface area (Å²) in [6.07, 6.45) is 0.201. The van der Waals surface area contributed by atoms with Crippen molar-refractivity contribution in [2.24, 2.45) is 16.6 Å². The van der Waals surface area contributed by atoms with Crippen molar-refractivity contribution in [1.29, 1.82) is 0 Å². The molecule has 7 N–H and O–H groups in total. The van der Waals surface area contributed by atoms with Crippen molar-refractivity contribution in [3.8, 4) is 5.75 Å². The molecule has 1 aromatic carbocycles. The highest BCUT2D eigenvalue weighted by Gasteiger charge is 2.17. The zero-order chi connectivity index (χ0) is 12.8. The van der Waals surface area contributed by atoms with Gasteiger partial charge in [0.2, 0.25) is 5.96 Å². The van der Waals surface area contributed by atoms with Gasteiger partial charge in [-0.05, 0) is 17.7 Å². The number of carbonyl (C=O) groups is 1. The summed E-state index contributed by atoms with van der Waals surface area (Å²) in [7, 11) is 0. The highest BCUT2D eigenvalue weighted by Crippen LogP contribution is 2.11. The van der Waals surface area contributed by atoms with Gasteiger partial charge in [0.1, 0.15) is 11.8 Å². The number of hydrogen-bond acceptors (Lipinski definition) is 4. The molecule has 7 heteroatoms. The Hall–Kier alpha value is -2.44. The third-order valence-corrected chi connectivity index (χ3v) is 2.02. The van der Waals surface area contributed by atoms with Crippen LogP contribution >= 0.6 is 0 Å². The molecule has 0 saturated heterocycles. The lowest BCUT2D eigenvalue weighted by atomic mass is 10.1. The molecule has 17 heavy (non-hydrogen) atoms. The van der Waals surface area contributed by atoms with Gasteiger partial charge in [-0.25, -0.2) is 4.79 Å². The molecule has 0 unspecified atom stereocenters. The molecule has 0 heterocycles. The van der Waals surface area contributed by atoms with Crippen molar-refractivity contribution in [3.63, 3.8) is 0 Å². The summed E-state index contributed by atoms with van der Waals surface area (Å²) in [5, 5.41) is 21.5. The van der Waals surface area contributed by atoms with Crippen molar-refractivity contribution in [2.45, 2.75) is 12.5 Å². The number of guanidine groups is 1. The van der Waals surface area contributed by atoms with Gasteiger partial charge in [0.15, 0.2) is 0 Å². The molecule has 0 bridgehead atoms. The van der Waals surface area contributed by atoms with Gasteiger partial charge < -0.3 is 21.7 Å². The Morgan fingerprint density at radius 1 is 1.35 bits per heavy atom. The van der Waals surface area contributed by atoms with E-state index in [-0.39, 0.29) is 18.1 Å². The SMILES string of the molecule is NC(N)=NN[C@@H](Cc1ccc(O)cc1)C(=O)O. The maximum atomic E-state index is 10.9. The van der Waals surface area contributed by atoms with E-state index in [0.29, 0.717) is 0 Å². The van der Waals surface area contributed by atoms with E-state index >= 15 is 0 Å². The largest absolute Gasteiger partial charge is 0.508 e. The van der Waals surface area contributed by atoms with Gasteiger partial charge in [0, 0.05) is 6.42 Å². The Labute approximate surface area is 97.7 Å². The van der Waals surface area contributed by atoms with E-state index in [4.69, 9.17) is 21.7 Å². The number of rotatable bonds is 5. The first-order chi connectivity index (χ1) is 7.99.